The number of rotatable bonds is 1. The highest BCUT2D eigenvalue weighted by Crippen LogP contribution is 2.13. The summed E-state index contributed by atoms with van der Waals surface area (Å²) >= 11 is 3.33. The van der Waals surface area contributed by atoms with Gasteiger partial charge in [0, 0.05) is 42.0 Å². The van der Waals surface area contributed by atoms with Gasteiger partial charge >= 0.3 is 0 Å². The number of hydrogen-bond acceptors (Lipinski definition) is 3. The average Bonchev–Trinajstić information content (AvgIpc) is 2.26. The normalized spacial score (nSPS) is 22.2. The summed E-state index contributed by atoms with van der Waals surface area (Å²) in [7, 11) is 0. The number of halogens is 3. The summed E-state index contributed by atoms with van der Waals surface area (Å²) in [6.07, 6.45) is 3.30. The lowest BCUT2D eigenvalue weighted by Crippen LogP contribution is -2.55. The van der Waals surface area contributed by atoms with E-state index in [9.17, 15) is 4.79 Å². The predicted octanol–water partition coefficient (Wildman–Crippen LogP) is 2.51. The van der Waals surface area contributed by atoms with Gasteiger partial charge in [-0.25, -0.2) is 0 Å². The molecule has 1 aromatic rings. The number of nitrogens with zero attached hydrogens (tertiary/aromatic N) is 2. The summed E-state index contributed by atoms with van der Waals surface area (Å²) in [6, 6.07) is 2.48. The molecule has 0 saturated carbocycles. The molecule has 1 aliphatic heterocycles. The van der Waals surface area contributed by atoms with Crippen molar-refractivity contribution in [3.8, 4) is 0 Å². The van der Waals surface area contributed by atoms with Gasteiger partial charge in [0.2, 0.25) is 0 Å². The van der Waals surface area contributed by atoms with Crippen molar-refractivity contribution in [1.82, 2.24) is 15.2 Å². The molecule has 0 aromatic carbocycles. The maximum absolute atomic E-state index is 12.3. The van der Waals surface area contributed by atoms with E-state index in [0.29, 0.717) is 17.6 Å². The Morgan fingerprint density at radius 1 is 1.32 bits per heavy atom. The Balaban J connectivity index is 0.00000162. The second-order valence-corrected chi connectivity index (χ2v) is 5.49. The Hall–Kier alpha value is -0.360. The van der Waals surface area contributed by atoms with Crippen molar-refractivity contribution in [2.45, 2.75) is 25.9 Å². The van der Waals surface area contributed by atoms with E-state index in [1.807, 2.05) is 11.0 Å². The van der Waals surface area contributed by atoms with Crippen molar-refractivity contribution >= 4 is 46.7 Å². The van der Waals surface area contributed by atoms with Gasteiger partial charge in [0.1, 0.15) is 0 Å². The van der Waals surface area contributed by atoms with E-state index >= 15 is 0 Å². The molecule has 2 heterocycles. The molecule has 2 rings (SSSR count). The lowest BCUT2D eigenvalue weighted by molar-refractivity contribution is 0.0673. The molecule has 0 bridgehead atoms. The van der Waals surface area contributed by atoms with Crippen molar-refractivity contribution in [3.63, 3.8) is 0 Å². The molecule has 1 aliphatic rings. The molecule has 4 nitrogen and oxygen atoms in total. The molecule has 108 valence electrons. The Bertz CT molecular complexity index is 423. The van der Waals surface area contributed by atoms with Crippen LogP contribution in [0.15, 0.2) is 22.9 Å². The summed E-state index contributed by atoms with van der Waals surface area (Å²) in [6.45, 7) is 5.68. The van der Waals surface area contributed by atoms with Crippen molar-refractivity contribution < 1.29 is 4.79 Å². The van der Waals surface area contributed by atoms with Crippen LogP contribution in [0.5, 0.6) is 0 Å². The summed E-state index contributed by atoms with van der Waals surface area (Å²) in [5.74, 6) is 0.0546. The van der Waals surface area contributed by atoms with Crippen LogP contribution in [0.3, 0.4) is 0 Å². The van der Waals surface area contributed by atoms with Crippen molar-refractivity contribution in [2.75, 3.05) is 13.1 Å². The quantitative estimate of drug-likeness (QED) is 0.826. The number of amides is 1. The van der Waals surface area contributed by atoms with E-state index in [1.165, 1.54) is 0 Å². The Labute approximate surface area is 134 Å². The third kappa shape index (κ3) is 4.91. The van der Waals surface area contributed by atoms with Gasteiger partial charge in [-0.3, -0.25) is 9.78 Å². The van der Waals surface area contributed by atoms with Gasteiger partial charge in [-0.05, 0) is 35.8 Å². The number of aromatic nitrogens is 1. The Morgan fingerprint density at radius 3 is 2.42 bits per heavy atom. The highest BCUT2D eigenvalue weighted by molar-refractivity contribution is 9.10. The largest absolute Gasteiger partial charge is 0.335 e. The summed E-state index contributed by atoms with van der Waals surface area (Å²) in [4.78, 5) is 18.2. The topological polar surface area (TPSA) is 45.2 Å². The average molecular weight is 371 g/mol. The summed E-state index contributed by atoms with van der Waals surface area (Å²) in [5, 5.41) is 3.41. The lowest BCUT2D eigenvalue weighted by atomic mass is 10.1. The molecule has 19 heavy (non-hydrogen) atoms. The monoisotopic (exact) mass is 369 g/mol. The van der Waals surface area contributed by atoms with Crippen molar-refractivity contribution in [1.29, 1.82) is 0 Å². The van der Waals surface area contributed by atoms with E-state index in [2.05, 4.69) is 40.1 Å². The molecule has 1 amide bonds. The first-order valence-electron chi connectivity index (χ1n) is 5.72. The van der Waals surface area contributed by atoms with Crippen LogP contribution in [-0.4, -0.2) is 41.0 Å². The van der Waals surface area contributed by atoms with Gasteiger partial charge in [0.25, 0.3) is 5.91 Å². The van der Waals surface area contributed by atoms with Crippen LogP contribution < -0.4 is 5.32 Å². The molecule has 1 fully saturated rings. The van der Waals surface area contributed by atoms with Gasteiger partial charge in [0.15, 0.2) is 0 Å². The van der Waals surface area contributed by atoms with E-state index < -0.39 is 0 Å². The molecule has 0 radical (unpaired) electrons. The molecule has 2 unspecified atom stereocenters. The van der Waals surface area contributed by atoms with Crippen LogP contribution >= 0.6 is 40.7 Å². The van der Waals surface area contributed by atoms with E-state index in [0.717, 1.165) is 17.6 Å². The van der Waals surface area contributed by atoms with Gasteiger partial charge in [-0.1, -0.05) is 0 Å². The molecule has 1 saturated heterocycles. The first-order chi connectivity index (χ1) is 8.06. The van der Waals surface area contributed by atoms with Crippen molar-refractivity contribution in [2.24, 2.45) is 0 Å². The number of pyridine rings is 1. The zero-order valence-corrected chi connectivity index (χ0v) is 14.0. The molecule has 0 spiro atoms. The predicted molar refractivity (Wildman–Crippen MR) is 84.4 cm³/mol. The first-order valence-corrected chi connectivity index (χ1v) is 6.51. The van der Waals surface area contributed by atoms with Gasteiger partial charge in [-0.15, -0.1) is 24.8 Å². The van der Waals surface area contributed by atoms with Crippen LogP contribution in [0.1, 0.15) is 24.2 Å². The minimum atomic E-state index is 0. The molecular formula is C12H18BrCl2N3O. The Kier molecular flexibility index (Phi) is 7.89. The fourth-order valence-corrected chi connectivity index (χ4v) is 2.57. The zero-order chi connectivity index (χ0) is 12.4. The van der Waals surface area contributed by atoms with Gasteiger partial charge < -0.3 is 10.2 Å². The van der Waals surface area contributed by atoms with Gasteiger partial charge in [0.05, 0.1) is 5.56 Å². The summed E-state index contributed by atoms with van der Waals surface area (Å²) < 4.78 is 0.833. The fourth-order valence-electron chi connectivity index (χ4n) is 2.20. The minimum Gasteiger partial charge on any atom is -0.335 e. The second-order valence-electron chi connectivity index (χ2n) is 4.57. The molecule has 0 aliphatic carbocycles. The fraction of sp³-hybridized carbons (Fsp3) is 0.500. The smallest absolute Gasteiger partial charge is 0.255 e. The highest BCUT2D eigenvalue weighted by atomic mass is 79.9. The SMILES string of the molecule is CC1CN(C(=O)c2cncc(Br)c2)CC(C)N1.Cl.Cl. The number of carbonyl (C=O) groups excluding carboxylic acids is 1. The molecule has 2 atom stereocenters. The maximum atomic E-state index is 12.3. The number of carbonyl (C=O) groups is 1. The standard InChI is InChI=1S/C12H16BrN3O.2ClH/c1-8-6-16(7-9(2)15-8)12(17)10-3-11(13)5-14-4-10;;/h3-5,8-9,15H,6-7H2,1-2H3;2*1H. The Morgan fingerprint density at radius 2 is 1.89 bits per heavy atom. The maximum Gasteiger partial charge on any atom is 0.255 e. The van der Waals surface area contributed by atoms with Crippen LogP contribution in [0, 0.1) is 0 Å². The molecule has 1 N–H and O–H groups in total. The van der Waals surface area contributed by atoms with E-state index in [1.54, 1.807) is 12.4 Å². The van der Waals surface area contributed by atoms with Crippen LogP contribution in [0.2, 0.25) is 0 Å². The third-order valence-corrected chi connectivity index (χ3v) is 3.23. The number of piperazine rings is 1. The highest BCUT2D eigenvalue weighted by Gasteiger charge is 2.25. The lowest BCUT2D eigenvalue weighted by Gasteiger charge is -2.36. The molecular weight excluding hydrogens is 353 g/mol. The van der Waals surface area contributed by atoms with E-state index in [4.69, 9.17) is 0 Å². The van der Waals surface area contributed by atoms with E-state index in [-0.39, 0.29) is 30.7 Å². The second kappa shape index (κ2) is 8.04. The number of nitrogens with one attached hydrogen (secondary N) is 1. The summed E-state index contributed by atoms with van der Waals surface area (Å²) in [5.41, 5.74) is 0.640. The van der Waals surface area contributed by atoms with Crippen molar-refractivity contribution in [3.05, 3.63) is 28.5 Å². The number of hydrogen-bond donors (Lipinski definition) is 1. The zero-order valence-electron chi connectivity index (χ0n) is 10.8. The van der Waals surface area contributed by atoms with Crippen LogP contribution in [0.25, 0.3) is 0 Å². The van der Waals surface area contributed by atoms with Crippen LogP contribution in [0.4, 0.5) is 0 Å². The first kappa shape index (κ1) is 18.6. The molecule has 7 heteroatoms. The van der Waals surface area contributed by atoms with Crippen LogP contribution in [-0.2, 0) is 0 Å². The molecule has 1 aromatic heterocycles. The van der Waals surface area contributed by atoms with Gasteiger partial charge in [-0.2, -0.15) is 0 Å². The third-order valence-electron chi connectivity index (χ3n) is 2.80. The minimum absolute atomic E-state index is 0.